The Morgan fingerprint density at radius 3 is 1.58 bits per heavy atom. The van der Waals surface area contributed by atoms with Crippen molar-refractivity contribution in [2.24, 2.45) is 0 Å². The molecule has 0 radical (unpaired) electrons. The van der Waals surface area contributed by atoms with Crippen molar-refractivity contribution in [3.8, 4) is 17.2 Å². The Bertz CT molecular complexity index is 1350. The van der Waals surface area contributed by atoms with Crippen LogP contribution in [0.25, 0.3) is 0 Å². The van der Waals surface area contributed by atoms with Crippen LogP contribution >= 0.6 is 7.82 Å². The zero-order chi connectivity index (χ0) is 27.2. The molecular weight excluding hydrogens is 495 g/mol. The average molecular weight is 531 g/mol. The number of rotatable bonds is 11. The minimum absolute atomic E-state index is 0.230. The first-order valence-electron chi connectivity index (χ1n) is 12.9. The second-order valence-corrected chi connectivity index (χ2v) is 11.2. The van der Waals surface area contributed by atoms with Gasteiger partial charge in [0.2, 0.25) is 0 Å². The molecule has 0 spiro atoms. The van der Waals surface area contributed by atoms with Gasteiger partial charge in [-0.15, -0.1) is 0 Å². The number of phosphoric ester groups is 1. The van der Waals surface area contributed by atoms with Crippen LogP contribution in [0.5, 0.6) is 17.2 Å². The predicted octanol–water partition coefficient (Wildman–Crippen LogP) is 9.02. The molecule has 4 aromatic rings. The molecule has 0 aliphatic rings. The van der Waals surface area contributed by atoms with Crippen molar-refractivity contribution in [2.45, 2.75) is 51.6 Å². The normalized spacial score (nSPS) is 13.5. The summed E-state index contributed by atoms with van der Waals surface area (Å²) < 4.78 is 32.7. The molecule has 0 aliphatic heterocycles. The molecule has 4 aromatic carbocycles. The van der Waals surface area contributed by atoms with Crippen molar-refractivity contribution in [2.75, 3.05) is 0 Å². The van der Waals surface area contributed by atoms with E-state index in [1.807, 2.05) is 86.6 Å². The highest BCUT2D eigenvalue weighted by atomic mass is 31.2. The Kier molecular flexibility index (Phi) is 8.30. The highest BCUT2D eigenvalue weighted by Gasteiger charge is 2.43. The quantitative estimate of drug-likeness (QED) is 0.196. The van der Waals surface area contributed by atoms with Crippen LogP contribution in [-0.4, -0.2) is 5.11 Å². The summed E-state index contributed by atoms with van der Waals surface area (Å²) in [4.78, 5) is 0. The van der Waals surface area contributed by atoms with Gasteiger partial charge in [0, 0.05) is 5.41 Å². The van der Waals surface area contributed by atoms with Gasteiger partial charge in [0.05, 0.1) is 0 Å². The summed E-state index contributed by atoms with van der Waals surface area (Å²) in [5, 5.41) is 9.67. The number of hydrogen-bond acceptors (Lipinski definition) is 5. The van der Waals surface area contributed by atoms with E-state index in [2.05, 4.69) is 13.8 Å². The molecule has 1 N–H and O–H groups in total. The van der Waals surface area contributed by atoms with Crippen LogP contribution < -0.4 is 9.05 Å². The number of phenolic OH excluding ortho intramolecular Hbond substituents is 1. The summed E-state index contributed by atoms with van der Waals surface area (Å²) in [6, 6.07) is 33.3. The van der Waals surface area contributed by atoms with Crippen molar-refractivity contribution >= 4 is 7.82 Å². The van der Waals surface area contributed by atoms with E-state index in [9.17, 15) is 9.67 Å². The third-order valence-electron chi connectivity index (χ3n) is 7.07. The first kappa shape index (κ1) is 27.5. The number of para-hydroxylation sites is 1. The standard InChI is InChI=1S/C32H35O5P/c1-5-32(6-2,27-13-9-7-10-14-27)37-38(34,35-29-15-11-8-12-16-29)36-30-23-19-26(20-24-30)31(3,4)25-17-21-28(33)22-18-25/h7-24,33H,5-6H2,1-4H3. The first-order valence-corrected chi connectivity index (χ1v) is 14.4. The predicted molar refractivity (Wildman–Crippen MR) is 152 cm³/mol. The van der Waals surface area contributed by atoms with Gasteiger partial charge in [0.15, 0.2) is 0 Å². The third kappa shape index (κ3) is 6.12. The van der Waals surface area contributed by atoms with Crippen LogP contribution in [0.3, 0.4) is 0 Å². The molecule has 0 heterocycles. The van der Waals surface area contributed by atoms with Gasteiger partial charge in [-0.1, -0.05) is 100 Å². The van der Waals surface area contributed by atoms with E-state index in [1.54, 1.807) is 36.4 Å². The molecule has 0 saturated carbocycles. The molecule has 1 atom stereocenters. The Morgan fingerprint density at radius 2 is 1.08 bits per heavy atom. The SMILES string of the molecule is CCC(CC)(OP(=O)(Oc1ccccc1)Oc1ccc(C(C)(C)c2ccc(O)cc2)cc1)c1ccccc1. The fraction of sp³-hybridized carbons (Fsp3) is 0.250. The maximum Gasteiger partial charge on any atom is 0.588 e. The summed E-state index contributed by atoms with van der Waals surface area (Å²) in [5.74, 6) is 1.01. The van der Waals surface area contributed by atoms with Gasteiger partial charge in [-0.3, -0.25) is 4.52 Å². The number of benzene rings is 4. The van der Waals surface area contributed by atoms with E-state index in [1.165, 1.54) is 0 Å². The van der Waals surface area contributed by atoms with E-state index in [4.69, 9.17) is 13.6 Å². The summed E-state index contributed by atoms with van der Waals surface area (Å²) in [6.45, 7) is 8.23. The minimum atomic E-state index is -4.13. The zero-order valence-corrected chi connectivity index (χ0v) is 23.2. The largest absolute Gasteiger partial charge is 0.588 e. The van der Waals surface area contributed by atoms with Crippen LogP contribution in [0, 0.1) is 0 Å². The second-order valence-electron chi connectivity index (χ2n) is 9.80. The molecule has 6 heteroatoms. The molecule has 198 valence electrons. The summed E-state index contributed by atoms with van der Waals surface area (Å²) >= 11 is 0. The summed E-state index contributed by atoms with van der Waals surface area (Å²) in [7, 11) is -4.13. The van der Waals surface area contributed by atoms with Gasteiger partial charge < -0.3 is 14.2 Å². The Labute approximate surface area is 225 Å². The van der Waals surface area contributed by atoms with Crippen molar-refractivity contribution in [1.29, 1.82) is 0 Å². The van der Waals surface area contributed by atoms with Crippen LogP contribution in [0.2, 0.25) is 0 Å². The van der Waals surface area contributed by atoms with E-state index in [-0.39, 0.29) is 11.2 Å². The maximum atomic E-state index is 14.3. The minimum Gasteiger partial charge on any atom is -0.508 e. The lowest BCUT2D eigenvalue weighted by atomic mass is 9.78. The van der Waals surface area contributed by atoms with E-state index in [0.29, 0.717) is 24.3 Å². The van der Waals surface area contributed by atoms with Gasteiger partial charge in [-0.25, -0.2) is 4.57 Å². The van der Waals surface area contributed by atoms with Gasteiger partial charge in [0.25, 0.3) is 0 Å². The highest BCUT2D eigenvalue weighted by molar-refractivity contribution is 7.49. The number of hydrogen-bond donors (Lipinski definition) is 1. The first-order chi connectivity index (χ1) is 18.2. The molecule has 0 aliphatic carbocycles. The van der Waals surface area contributed by atoms with Crippen LogP contribution in [0.1, 0.15) is 57.2 Å². The Balaban J connectivity index is 1.65. The van der Waals surface area contributed by atoms with Crippen molar-refractivity contribution in [1.82, 2.24) is 0 Å². The van der Waals surface area contributed by atoms with Crippen molar-refractivity contribution in [3.63, 3.8) is 0 Å². The van der Waals surface area contributed by atoms with Gasteiger partial charge in [0.1, 0.15) is 22.8 Å². The lowest BCUT2D eigenvalue weighted by Gasteiger charge is -2.34. The van der Waals surface area contributed by atoms with Crippen LogP contribution in [0.15, 0.2) is 109 Å². The Hall–Kier alpha value is -3.53. The van der Waals surface area contributed by atoms with Gasteiger partial charge in [-0.05, 0) is 65.9 Å². The molecule has 5 nitrogen and oxygen atoms in total. The summed E-state index contributed by atoms with van der Waals surface area (Å²) in [6.07, 6.45) is 1.16. The number of aromatic hydroxyl groups is 1. The molecule has 0 aromatic heterocycles. The van der Waals surface area contributed by atoms with Crippen molar-refractivity contribution < 1.29 is 23.2 Å². The molecule has 4 rings (SSSR count). The fourth-order valence-corrected chi connectivity index (χ4v) is 6.23. The van der Waals surface area contributed by atoms with Crippen molar-refractivity contribution in [3.05, 3.63) is 126 Å². The average Bonchev–Trinajstić information content (AvgIpc) is 2.93. The smallest absolute Gasteiger partial charge is 0.508 e. The molecular formula is C32H35O5P. The molecule has 38 heavy (non-hydrogen) atoms. The zero-order valence-electron chi connectivity index (χ0n) is 22.3. The third-order valence-corrected chi connectivity index (χ3v) is 8.51. The topological polar surface area (TPSA) is 65.0 Å². The molecule has 1 unspecified atom stereocenters. The Morgan fingerprint density at radius 1 is 0.632 bits per heavy atom. The van der Waals surface area contributed by atoms with E-state index >= 15 is 0 Å². The number of phenols is 1. The molecule has 0 bridgehead atoms. The fourth-order valence-electron chi connectivity index (χ4n) is 4.57. The van der Waals surface area contributed by atoms with Gasteiger partial charge >= 0.3 is 7.82 Å². The van der Waals surface area contributed by atoms with Gasteiger partial charge in [-0.2, -0.15) is 0 Å². The summed E-state index contributed by atoms with van der Waals surface area (Å²) in [5.41, 5.74) is 1.84. The van der Waals surface area contributed by atoms with E-state index < -0.39 is 13.4 Å². The number of phosphoric acid groups is 1. The second kappa shape index (κ2) is 11.5. The molecule has 0 saturated heterocycles. The molecule has 0 fully saturated rings. The van der Waals surface area contributed by atoms with Crippen LogP contribution in [0.4, 0.5) is 0 Å². The lowest BCUT2D eigenvalue weighted by Crippen LogP contribution is -2.29. The molecule has 0 amide bonds. The van der Waals surface area contributed by atoms with E-state index in [0.717, 1.165) is 16.7 Å². The highest BCUT2D eigenvalue weighted by Crippen LogP contribution is 2.56. The monoisotopic (exact) mass is 530 g/mol. The maximum absolute atomic E-state index is 14.3. The van der Waals surface area contributed by atoms with Crippen LogP contribution in [-0.2, 0) is 20.1 Å². The lowest BCUT2D eigenvalue weighted by molar-refractivity contribution is 0.0284.